The first-order valence-corrected chi connectivity index (χ1v) is 7.68. The molecule has 7 nitrogen and oxygen atoms in total. The van der Waals surface area contributed by atoms with Crippen molar-refractivity contribution >= 4 is 23.8 Å². The van der Waals surface area contributed by atoms with Gasteiger partial charge in [0, 0.05) is 11.8 Å². The van der Waals surface area contributed by atoms with Gasteiger partial charge in [-0.1, -0.05) is 6.42 Å². The topological polar surface area (TPSA) is 98.8 Å². The lowest BCUT2D eigenvalue weighted by Crippen LogP contribution is -2.40. The van der Waals surface area contributed by atoms with Crippen LogP contribution in [0, 0.1) is 17.8 Å². The summed E-state index contributed by atoms with van der Waals surface area (Å²) in [7, 11) is 0. The predicted molar refractivity (Wildman–Crippen MR) is 74.7 cm³/mol. The molecule has 0 aromatic heterocycles. The molecule has 2 rings (SSSR count). The van der Waals surface area contributed by atoms with Gasteiger partial charge in [0.2, 0.25) is 0 Å². The van der Waals surface area contributed by atoms with Crippen molar-refractivity contribution in [3.8, 4) is 0 Å². The molecular weight excluding hydrogens is 290 g/mol. The fraction of sp³-hybridized carbons (Fsp3) is 0.733. The van der Waals surface area contributed by atoms with Crippen molar-refractivity contribution in [2.24, 2.45) is 17.8 Å². The zero-order valence-corrected chi connectivity index (χ0v) is 12.6. The fourth-order valence-corrected chi connectivity index (χ4v) is 3.24. The second kappa shape index (κ2) is 7.38. The van der Waals surface area contributed by atoms with Crippen molar-refractivity contribution < 1.29 is 28.7 Å². The molecule has 2 aliphatic carbocycles. The Morgan fingerprint density at radius 3 is 2.36 bits per heavy atom. The Balaban J connectivity index is 1.77. The van der Waals surface area contributed by atoms with Crippen LogP contribution in [0.25, 0.3) is 0 Å². The van der Waals surface area contributed by atoms with Gasteiger partial charge in [-0.25, -0.2) is 4.79 Å². The minimum atomic E-state index is -0.860. The summed E-state index contributed by atoms with van der Waals surface area (Å²) in [6.07, 6.45) is 2.86. The lowest BCUT2D eigenvalue weighted by atomic mass is 9.67. The summed E-state index contributed by atoms with van der Waals surface area (Å²) in [4.78, 5) is 46.4. The molecule has 2 amide bonds. The lowest BCUT2D eigenvalue weighted by molar-refractivity contribution is -0.156. The van der Waals surface area contributed by atoms with Gasteiger partial charge in [0.15, 0.2) is 6.61 Å². The number of rotatable bonds is 4. The third-order valence-corrected chi connectivity index (χ3v) is 4.24. The molecule has 2 saturated carbocycles. The molecule has 0 aliphatic heterocycles. The third-order valence-electron chi connectivity index (χ3n) is 4.24. The summed E-state index contributed by atoms with van der Waals surface area (Å²) < 4.78 is 9.50. The van der Waals surface area contributed by atoms with Crippen LogP contribution in [0.4, 0.5) is 4.79 Å². The standard InChI is InChI=1S/C15H21NO6/c1-2-21-15(20)16-12(17)8-22-14(19)11-6-9-4-3-5-10(7-11)13(9)18/h9-11H,2-8H2,1H3,(H,16,17,20). The van der Waals surface area contributed by atoms with Crippen molar-refractivity contribution in [1.82, 2.24) is 5.32 Å². The Bertz CT molecular complexity index is 459. The van der Waals surface area contributed by atoms with Crippen LogP contribution in [0.2, 0.25) is 0 Å². The average Bonchev–Trinajstić information content (AvgIpc) is 2.44. The molecule has 1 N–H and O–H groups in total. The number of Topliss-reactive ketones (excluding diaryl/α,β-unsaturated/α-hetero) is 1. The van der Waals surface area contributed by atoms with Gasteiger partial charge >= 0.3 is 12.1 Å². The van der Waals surface area contributed by atoms with Crippen LogP contribution in [0.5, 0.6) is 0 Å². The summed E-state index contributed by atoms with van der Waals surface area (Å²) in [6, 6.07) is 0. The number of ketones is 1. The smallest absolute Gasteiger partial charge is 0.413 e. The number of carbonyl (C=O) groups is 4. The molecule has 0 saturated heterocycles. The molecule has 2 unspecified atom stereocenters. The molecule has 0 aromatic carbocycles. The van der Waals surface area contributed by atoms with Crippen LogP contribution in [0.15, 0.2) is 0 Å². The SMILES string of the molecule is CCOC(=O)NC(=O)COC(=O)C1CC2CCCC(C1)C2=O. The van der Waals surface area contributed by atoms with E-state index in [1.807, 2.05) is 5.32 Å². The van der Waals surface area contributed by atoms with Gasteiger partial charge in [-0.15, -0.1) is 0 Å². The molecule has 0 aromatic rings. The lowest BCUT2D eigenvalue weighted by Gasteiger charge is -2.36. The summed E-state index contributed by atoms with van der Waals surface area (Å²) in [5.74, 6) is -1.34. The van der Waals surface area contributed by atoms with E-state index in [0.29, 0.717) is 12.8 Å². The first-order valence-electron chi connectivity index (χ1n) is 7.68. The Morgan fingerprint density at radius 1 is 1.14 bits per heavy atom. The van der Waals surface area contributed by atoms with Crippen molar-refractivity contribution in [3.05, 3.63) is 0 Å². The average molecular weight is 311 g/mol. The molecule has 0 radical (unpaired) electrons. The first kappa shape index (κ1) is 16.5. The summed E-state index contributed by atoms with van der Waals surface area (Å²) >= 11 is 0. The Hall–Kier alpha value is -1.92. The van der Waals surface area contributed by atoms with Crippen molar-refractivity contribution in [2.45, 2.75) is 39.0 Å². The number of fused-ring (bicyclic) bond motifs is 2. The fourth-order valence-electron chi connectivity index (χ4n) is 3.24. The molecule has 2 atom stereocenters. The summed E-state index contributed by atoms with van der Waals surface area (Å²) in [5, 5.41) is 1.95. The van der Waals surface area contributed by atoms with E-state index >= 15 is 0 Å². The first-order chi connectivity index (χ1) is 10.5. The molecule has 0 heterocycles. The molecule has 22 heavy (non-hydrogen) atoms. The number of imide groups is 1. The molecule has 7 heteroatoms. The van der Waals surface area contributed by atoms with Crippen molar-refractivity contribution in [3.63, 3.8) is 0 Å². The molecule has 2 aliphatic rings. The van der Waals surface area contributed by atoms with Gasteiger partial charge < -0.3 is 9.47 Å². The highest BCUT2D eigenvalue weighted by molar-refractivity contribution is 5.93. The minimum absolute atomic E-state index is 0.0431. The minimum Gasteiger partial charge on any atom is -0.455 e. The third kappa shape index (κ3) is 4.05. The Morgan fingerprint density at radius 2 is 1.77 bits per heavy atom. The largest absolute Gasteiger partial charge is 0.455 e. The van der Waals surface area contributed by atoms with Crippen LogP contribution >= 0.6 is 0 Å². The molecule has 122 valence electrons. The maximum absolute atomic E-state index is 12.0. The van der Waals surface area contributed by atoms with Gasteiger partial charge in [-0.2, -0.15) is 0 Å². The highest BCUT2D eigenvalue weighted by Gasteiger charge is 2.41. The van der Waals surface area contributed by atoms with E-state index in [0.717, 1.165) is 19.3 Å². The van der Waals surface area contributed by atoms with E-state index in [9.17, 15) is 19.2 Å². The second-order valence-electron chi connectivity index (χ2n) is 5.77. The van der Waals surface area contributed by atoms with E-state index in [2.05, 4.69) is 4.74 Å². The van der Waals surface area contributed by atoms with Crippen LogP contribution in [0.1, 0.15) is 39.0 Å². The van der Waals surface area contributed by atoms with E-state index in [1.54, 1.807) is 6.92 Å². The quantitative estimate of drug-likeness (QED) is 0.783. The molecule has 2 fully saturated rings. The predicted octanol–water partition coefficient (Wildman–Crippen LogP) is 1.20. The van der Waals surface area contributed by atoms with E-state index in [4.69, 9.17) is 4.74 Å². The van der Waals surface area contributed by atoms with Gasteiger partial charge in [-0.3, -0.25) is 19.7 Å². The number of ether oxygens (including phenoxy) is 2. The Labute approximate surface area is 128 Å². The number of hydrogen-bond donors (Lipinski definition) is 1. The van der Waals surface area contributed by atoms with Crippen LogP contribution in [-0.2, 0) is 23.9 Å². The van der Waals surface area contributed by atoms with Crippen LogP contribution in [-0.4, -0.2) is 37.0 Å². The monoisotopic (exact) mass is 311 g/mol. The van der Waals surface area contributed by atoms with Gasteiger partial charge in [0.05, 0.1) is 12.5 Å². The number of nitrogens with one attached hydrogen (secondary N) is 1. The normalized spacial score (nSPS) is 27.0. The van der Waals surface area contributed by atoms with Gasteiger partial charge in [0.25, 0.3) is 5.91 Å². The molecule has 2 bridgehead atoms. The highest BCUT2D eigenvalue weighted by atomic mass is 16.6. The number of carbonyl (C=O) groups excluding carboxylic acids is 4. The van der Waals surface area contributed by atoms with E-state index < -0.39 is 24.6 Å². The maximum Gasteiger partial charge on any atom is 0.413 e. The number of alkyl carbamates (subject to hydrolysis) is 1. The Kier molecular flexibility index (Phi) is 5.51. The number of amides is 2. The van der Waals surface area contributed by atoms with Gasteiger partial charge in [0.1, 0.15) is 5.78 Å². The van der Waals surface area contributed by atoms with Crippen molar-refractivity contribution in [1.29, 1.82) is 0 Å². The van der Waals surface area contributed by atoms with E-state index in [-0.39, 0.29) is 30.1 Å². The second-order valence-corrected chi connectivity index (χ2v) is 5.77. The summed E-state index contributed by atoms with van der Waals surface area (Å²) in [6.45, 7) is 1.25. The zero-order valence-electron chi connectivity index (χ0n) is 12.6. The van der Waals surface area contributed by atoms with E-state index in [1.165, 1.54) is 0 Å². The molecule has 0 spiro atoms. The van der Waals surface area contributed by atoms with Crippen molar-refractivity contribution in [2.75, 3.05) is 13.2 Å². The van der Waals surface area contributed by atoms with Crippen LogP contribution in [0.3, 0.4) is 0 Å². The highest BCUT2D eigenvalue weighted by Crippen LogP contribution is 2.40. The number of esters is 1. The zero-order chi connectivity index (χ0) is 16.1. The van der Waals surface area contributed by atoms with Gasteiger partial charge in [-0.05, 0) is 32.6 Å². The number of hydrogen-bond acceptors (Lipinski definition) is 6. The molecular formula is C15H21NO6. The van der Waals surface area contributed by atoms with Crippen LogP contribution < -0.4 is 5.32 Å². The maximum atomic E-state index is 12.0. The summed E-state index contributed by atoms with van der Waals surface area (Å²) in [5.41, 5.74) is 0.